The van der Waals surface area contributed by atoms with Gasteiger partial charge in [-0.3, -0.25) is 4.79 Å². The summed E-state index contributed by atoms with van der Waals surface area (Å²) in [4.78, 5) is 14.4. The van der Waals surface area contributed by atoms with Crippen LogP contribution in [-0.2, 0) is 4.79 Å². The van der Waals surface area contributed by atoms with E-state index in [0.717, 1.165) is 23.8 Å². The Balaban J connectivity index is 1.35. The average Bonchev–Trinajstić information content (AvgIpc) is 2.77. The first-order valence-corrected chi connectivity index (χ1v) is 9.60. The molecule has 0 spiro atoms. The van der Waals surface area contributed by atoms with Crippen LogP contribution in [-0.4, -0.2) is 29.2 Å². The van der Waals surface area contributed by atoms with Crippen molar-refractivity contribution in [3.8, 4) is 11.3 Å². The number of carbonyl (C=O) groups excluding carboxylic acids is 1. The molecule has 1 saturated heterocycles. The number of nitrogens with zero attached hydrogens (tertiary/aromatic N) is 3. The summed E-state index contributed by atoms with van der Waals surface area (Å²) in [5.41, 5.74) is 1.27. The number of carbonyl (C=O) groups is 1. The summed E-state index contributed by atoms with van der Waals surface area (Å²) in [7, 11) is 0. The summed E-state index contributed by atoms with van der Waals surface area (Å²) < 4.78 is 40.1. The average molecular weight is 412 g/mol. The highest BCUT2D eigenvalue weighted by Gasteiger charge is 2.26. The number of halogens is 3. The smallest absolute Gasteiger partial charge is 0.227 e. The Bertz CT molecular complexity index is 1030. The number of hydrogen-bond acceptors (Lipinski definition) is 4. The third kappa shape index (κ3) is 4.42. The van der Waals surface area contributed by atoms with E-state index < -0.39 is 11.6 Å². The number of hydrogen-bond donors (Lipinski definition) is 1. The van der Waals surface area contributed by atoms with Crippen LogP contribution >= 0.6 is 0 Å². The molecule has 154 valence electrons. The van der Waals surface area contributed by atoms with Crippen molar-refractivity contribution in [2.45, 2.75) is 12.8 Å². The van der Waals surface area contributed by atoms with Gasteiger partial charge in [0.1, 0.15) is 17.5 Å². The van der Waals surface area contributed by atoms with Crippen molar-refractivity contribution in [3.63, 3.8) is 0 Å². The molecular weight excluding hydrogens is 393 g/mol. The molecular formula is C22H19F3N4O. The van der Waals surface area contributed by atoms with E-state index in [2.05, 4.69) is 15.5 Å². The monoisotopic (exact) mass is 412 g/mol. The van der Waals surface area contributed by atoms with Crippen LogP contribution in [0.4, 0.5) is 24.7 Å². The zero-order valence-corrected chi connectivity index (χ0v) is 16.0. The maximum atomic E-state index is 13.7. The van der Waals surface area contributed by atoms with Gasteiger partial charge in [-0.25, -0.2) is 13.2 Å². The van der Waals surface area contributed by atoms with Gasteiger partial charge in [-0.2, -0.15) is 0 Å². The predicted octanol–water partition coefficient (Wildman–Crippen LogP) is 4.42. The van der Waals surface area contributed by atoms with Crippen LogP contribution < -0.4 is 10.2 Å². The van der Waals surface area contributed by atoms with E-state index in [9.17, 15) is 18.0 Å². The molecule has 1 N–H and O–H groups in total. The minimum atomic E-state index is -0.668. The molecule has 5 nitrogen and oxygen atoms in total. The molecule has 1 amide bonds. The van der Waals surface area contributed by atoms with Crippen molar-refractivity contribution >= 4 is 17.4 Å². The minimum Gasteiger partial charge on any atom is -0.355 e. The second kappa shape index (κ2) is 8.52. The van der Waals surface area contributed by atoms with E-state index in [1.54, 1.807) is 12.1 Å². The van der Waals surface area contributed by atoms with Crippen LogP contribution in [0.15, 0.2) is 54.6 Å². The summed E-state index contributed by atoms with van der Waals surface area (Å²) in [6.45, 7) is 1.18. The molecule has 1 aliphatic heterocycles. The van der Waals surface area contributed by atoms with Crippen LogP contribution in [0.25, 0.3) is 11.3 Å². The second-order valence-electron chi connectivity index (χ2n) is 7.16. The van der Waals surface area contributed by atoms with Gasteiger partial charge in [0.15, 0.2) is 5.82 Å². The van der Waals surface area contributed by atoms with Crippen LogP contribution in [0.2, 0.25) is 0 Å². The van der Waals surface area contributed by atoms with Gasteiger partial charge in [-0.1, -0.05) is 0 Å². The Morgan fingerprint density at radius 2 is 1.60 bits per heavy atom. The van der Waals surface area contributed by atoms with Gasteiger partial charge in [0.25, 0.3) is 0 Å². The number of amides is 1. The van der Waals surface area contributed by atoms with Crippen molar-refractivity contribution in [1.29, 1.82) is 0 Å². The summed E-state index contributed by atoms with van der Waals surface area (Å²) in [5, 5.41) is 10.9. The number of piperidine rings is 1. The second-order valence-corrected chi connectivity index (χ2v) is 7.16. The lowest BCUT2D eigenvalue weighted by Crippen LogP contribution is -2.38. The van der Waals surface area contributed by atoms with Gasteiger partial charge < -0.3 is 10.2 Å². The molecule has 0 bridgehead atoms. The van der Waals surface area contributed by atoms with E-state index in [-0.39, 0.29) is 23.3 Å². The van der Waals surface area contributed by atoms with Crippen LogP contribution in [0.1, 0.15) is 12.8 Å². The molecule has 4 rings (SSSR count). The maximum Gasteiger partial charge on any atom is 0.227 e. The number of aromatic nitrogens is 2. The van der Waals surface area contributed by atoms with Crippen molar-refractivity contribution in [2.24, 2.45) is 5.92 Å². The highest BCUT2D eigenvalue weighted by Crippen LogP contribution is 2.25. The van der Waals surface area contributed by atoms with Gasteiger partial charge in [0.2, 0.25) is 5.91 Å². The lowest BCUT2D eigenvalue weighted by atomic mass is 9.95. The fourth-order valence-corrected chi connectivity index (χ4v) is 3.47. The normalized spacial score (nSPS) is 14.6. The summed E-state index contributed by atoms with van der Waals surface area (Å²) in [6.07, 6.45) is 1.12. The Morgan fingerprint density at radius 3 is 2.27 bits per heavy atom. The fraction of sp³-hybridized carbons (Fsp3) is 0.227. The molecule has 8 heteroatoms. The molecule has 1 aliphatic rings. The zero-order valence-electron chi connectivity index (χ0n) is 16.0. The molecule has 3 aromatic rings. The fourth-order valence-electron chi connectivity index (χ4n) is 3.47. The molecule has 2 aromatic carbocycles. The van der Waals surface area contributed by atoms with E-state index in [1.807, 2.05) is 17.0 Å². The molecule has 0 unspecified atom stereocenters. The first-order chi connectivity index (χ1) is 14.5. The van der Waals surface area contributed by atoms with E-state index in [1.165, 1.54) is 12.1 Å². The Kier molecular flexibility index (Phi) is 5.65. The summed E-state index contributed by atoms with van der Waals surface area (Å²) in [6, 6.07) is 12.7. The first-order valence-electron chi connectivity index (χ1n) is 9.60. The van der Waals surface area contributed by atoms with Crippen molar-refractivity contribution in [2.75, 3.05) is 23.3 Å². The highest BCUT2D eigenvalue weighted by molar-refractivity contribution is 5.92. The molecule has 2 heterocycles. The summed E-state index contributed by atoms with van der Waals surface area (Å²) in [5.74, 6) is -1.51. The van der Waals surface area contributed by atoms with Crippen molar-refractivity contribution < 1.29 is 18.0 Å². The van der Waals surface area contributed by atoms with Gasteiger partial charge >= 0.3 is 0 Å². The lowest BCUT2D eigenvalue weighted by molar-refractivity contribution is -0.120. The van der Waals surface area contributed by atoms with Gasteiger partial charge in [-0.15, -0.1) is 10.2 Å². The number of benzene rings is 2. The van der Waals surface area contributed by atoms with E-state index in [4.69, 9.17) is 0 Å². The molecule has 0 aliphatic carbocycles. The van der Waals surface area contributed by atoms with Crippen LogP contribution in [0.5, 0.6) is 0 Å². The molecule has 0 radical (unpaired) electrons. The molecule has 1 fully saturated rings. The third-order valence-electron chi connectivity index (χ3n) is 5.17. The van der Waals surface area contributed by atoms with E-state index in [0.29, 0.717) is 37.4 Å². The Morgan fingerprint density at radius 1 is 0.900 bits per heavy atom. The van der Waals surface area contributed by atoms with Crippen molar-refractivity contribution in [3.05, 3.63) is 72.0 Å². The SMILES string of the molecule is O=C(Nc1cc(F)ccc1F)C1CCN(c2ccc(-c3ccc(F)cc3)nn2)CC1. The number of nitrogens with one attached hydrogen (secondary N) is 1. The van der Waals surface area contributed by atoms with Crippen LogP contribution in [0, 0.1) is 23.4 Å². The molecule has 0 saturated carbocycles. The molecule has 0 atom stereocenters. The Hall–Kier alpha value is -3.42. The number of rotatable bonds is 4. The van der Waals surface area contributed by atoms with Crippen LogP contribution in [0.3, 0.4) is 0 Å². The third-order valence-corrected chi connectivity index (χ3v) is 5.17. The van der Waals surface area contributed by atoms with Gasteiger partial charge in [-0.05, 0) is 61.4 Å². The Labute approximate surface area is 171 Å². The van der Waals surface area contributed by atoms with Gasteiger partial charge in [0.05, 0.1) is 11.4 Å². The first kappa shape index (κ1) is 19.9. The number of anilines is 2. The van der Waals surface area contributed by atoms with Crippen molar-refractivity contribution in [1.82, 2.24) is 10.2 Å². The zero-order chi connectivity index (χ0) is 21.1. The maximum absolute atomic E-state index is 13.7. The quantitative estimate of drug-likeness (QED) is 0.690. The summed E-state index contributed by atoms with van der Waals surface area (Å²) >= 11 is 0. The largest absolute Gasteiger partial charge is 0.355 e. The lowest BCUT2D eigenvalue weighted by Gasteiger charge is -2.31. The molecule has 1 aromatic heterocycles. The molecule has 30 heavy (non-hydrogen) atoms. The predicted molar refractivity (Wildman–Crippen MR) is 107 cm³/mol. The topological polar surface area (TPSA) is 58.1 Å². The highest BCUT2D eigenvalue weighted by atomic mass is 19.1. The standard InChI is InChI=1S/C22H19F3N4O/c23-16-3-1-14(2-4-16)19-7-8-21(28-27-19)29-11-9-15(10-12-29)22(30)26-20-13-17(24)5-6-18(20)25/h1-8,13,15H,9-12H2,(H,26,30). The van der Waals surface area contributed by atoms with Gasteiger partial charge in [0, 0.05) is 30.6 Å². The van der Waals surface area contributed by atoms with E-state index >= 15 is 0 Å². The minimum absolute atomic E-state index is 0.148.